The third-order valence-corrected chi connectivity index (χ3v) is 3.13. The molecule has 0 aliphatic rings. The molecule has 1 amide bonds. The van der Waals surface area contributed by atoms with Crippen LogP contribution in [0.25, 0.3) is 0 Å². The van der Waals surface area contributed by atoms with Gasteiger partial charge in [-0.3, -0.25) is 4.79 Å². The largest absolute Gasteiger partial charge is 0.494 e. The Hall–Kier alpha value is -1.55. The summed E-state index contributed by atoms with van der Waals surface area (Å²) in [5.74, 6) is 1.07. The lowest BCUT2D eigenvalue weighted by molar-refractivity contribution is 0.0898. The van der Waals surface area contributed by atoms with E-state index in [9.17, 15) is 4.79 Å². The minimum atomic E-state index is -0.382. The molecule has 4 nitrogen and oxygen atoms in total. The van der Waals surface area contributed by atoms with E-state index in [-0.39, 0.29) is 11.4 Å². The summed E-state index contributed by atoms with van der Waals surface area (Å²) in [6.45, 7) is 9.14. The smallest absolute Gasteiger partial charge is 0.251 e. The summed E-state index contributed by atoms with van der Waals surface area (Å²) in [7, 11) is 0. The van der Waals surface area contributed by atoms with Gasteiger partial charge in [-0.05, 0) is 44.4 Å². The number of hydrogen-bond acceptors (Lipinski definition) is 3. The monoisotopic (exact) mass is 278 g/mol. The van der Waals surface area contributed by atoms with Crippen molar-refractivity contribution in [1.82, 2.24) is 5.32 Å². The van der Waals surface area contributed by atoms with E-state index < -0.39 is 0 Å². The Labute approximate surface area is 121 Å². The maximum atomic E-state index is 12.3. The van der Waals surface area contributed by atoms with Crippen LogP contribution in [0.15, 0.2) is 24.3 Å². The van der Waals surface area contributed by atoms with Crippen LogP contribution in [0.4, 0.5) is 0 Å². The van der Waals surface area contributed by atoms with Crippen molar-refractivity contribution in [2.75, 3.05) is 13.2 Å². The molecule has 0 aromatic heterocycles. The molecule has 0 radical (unpaired) electrons. The first-order chi connectivity index (χ1) is 9.40. The van der Waals surface area contributed by atoms with Gasteiger partial charge in [0.1, 0.15) is 5.75 Å². The Morgan fingerprint density at radius 3 is 2.70 bits per heavy atom. The number of hydrogen-bond donors (Lipinski definition) is 2. The number of benzene rings is 1. The average molecular weight is 278 g/mol. The van der Waals surface area contributed by atoms with Crippen molar-refractivity contribution in [3.63, 3.8) is 0 Å². The first-order valence-corrected chi connectivity index (χ1v) is 7.15. The molecule has 1 atom stereocenters. The molecular formula is C16H26N2O2. The van der Waals surface area contributed by atoms with E-state index in [1.807, 2.05) is 26.0 Å². The average Bonchev–Trinajstić information content (AvgIpc) is 2.38. The van der Waals surface area contributed by atoms with Gasteiger partial charge in [0.2, 0.25) is 0 Å². The molecule has 1 rings (SSSR count). The standard InChI is InChI=1S/C16H26N2O2/c1-5-20-14-8-6-7-13(9-14)15(19)18-16(4,11-17)10-12(2)3/h6-9,12H,5,10-11,17H2,1-4H3,(H,18,19). The molecule has 3 N–H and O–H groups in total. The third-order valence-electron chi connectivity index (χ3n) is 3.13. The zero-order valence-corrected chi connectivity index (χ0v) is 12.9. The number of amides is 1. The Morgan fingerprint density at radius 2 is 2.15 bits per heavy atom. The van der Waals surface area contributed by atoms with Crippen LogP contribution in [0, 0.1) is 5.92 Å². The molecule has 0 saturated carbocycles. The summed E-state index contributed by atoms with van der Waals surface area (Å²) in [5.41, 5.74) is 6.03. The van der Waals surface area contributed by atoms with Gasteiger partial charge in [0.15, 0.2) is 0 Å². The van der Waals surface area contributed by atoms with Gasteiger partial charge in [-0.25, -0.2) is 0 Å². The number of nitrogens with two attached hydrogens (primary N) is 1. The molecule has 0 fully saturated rings. The van der Waals surface area contributed by atoms with Crippen molar-refractivity contribution >= 4 is 5.91 Å². The van der Waals surface area contributed by atoms with Gasteiger partial charge < -0.3 is 15.8 Å². The summed E-state index contributed by atoms with van der Waals surface area (Å²) in [6.07, 6.45) is 0.848. The number of carbonyl (C=O) groups excluding carboxylic acids is 1. The molecule has 0 spiro atoms. The molecular weight excluding hydrogens is 252 g/mol. The maximum Gasteiger partial charge on any atom is 0.251 e. The minimum absolute atomic E-state index is 0.111. The quantitative estimate of drug-likeness (QED) is 0.805. The van der Waals surface area contributed by atoms with Crippen molar-refractivity contribution in [3.8, 4) is 5.75 Å². The van der Waals surface area contributed by atoms with E-state index >= 15 is 0 Å². The van der Waals surface area contributed by atoms with Gasteiger partial charge in [0.05, 0.1) is 6.61 Å². The highest BCUT2D eigenvalue weighted by molar-refractivity contribution is 5.95. The molecule has 0 heterocycles. The van der Waals surface area contributed by atoms with Crippen molar-refractivity contribution in [1.29, 1.82) is 0 Å². The van der Waals surface area contributed by atoms with Gasteiger partial charge in [-0.2, -0.15) is 0 Å². The number of nitrogens with one attached hydrogen (secondary N) is 1. The van der Waals surface area contributed by atoms with Crippen LogP contribution in [-0.2, 0) is 0 Å². The predicted molar refractivity (Wildman–Crippen MR) is 82.0 cm³/mol. The Morgan fingerprint density at radius 1 is 1.45 bits per heavy atom. The highest BCUT2D eigenvalue weighted by Gasteiger charge is 2.26. The Bertz CT molecular complexity index is 446. The highest BCUT2D eigenvalue weighted by atomic mass is 16.5. The molecule has 0 aliphatic heterocycles. The van der Waals surface area contributed by atoms with E-state index in [1.54, 1.807) is 12.1 Å². The fourth-order valence-electron chi connectivity index (χ4n) is 2.33. The summed E-state index contributed by atoms with van der Waals surface area (Å²) < 4.78 is 5.41. The normalized spacial score (nSPS) is 13.9. The lowest BCUT2D eigenvalue weighted by Gasteiger charge is -2.31. The van der Waals surface area contributed by atoms with Gasteiger partial charge in [0, 0.05) is 17.6 Å². The summed E-state index contributed by atoms with van der Waals surface area (Å²) in [4.78, 5) is 12.3. The van der Waals surface area contributed by atoms with Crippen molar-refractivity contribution < 1.29 is 9.53 Å². The van der Waals surface area contributed by atoms with Crippen molar-refractivity contribution in [3.05, 3.63) is 29.8 Å². The van der Waals surface area contributed by atoms with Crippen LogP contribution < -0.4 is 15.8 Å². The van der Waals surface area contributed by atoms with Crippen molar-refractivity contribution in [2.45, 2.75) is 39.7 Å². The fourth-order valence-corrected chi connectivity index (χ4v) is 2.33. The van der Waals surface area contributed by atoms with Crippen LogP contribution in [0.2, 0.25) is 0 Å². The summed E-state index contributed by atoms with van der Waals surface area (Å²) >= 11 is 0. The zero-order valence-electron chi connectivity index (χ0n) is 12.9. The van der Waals surface area contributed by atoms with Crippen LogP contribution in [0.5, 0.6) is 5.75 Å². The van der Waals surface area contributed by atoms with E-state index in [2.05, 4.69) is 19.2 Å². The summed E-state index contributed by atoms with van der Waals surface area (Å²) in [5, 5.41) is 3.04. The van der Waals surface area contributed by atoms with Crippen LogP contribution in [0.1, 0.15) is 44.5 Å². The maximum absolute atomic E-state index is 12.3. The molecule has 0 aliphatic carbocycles. The van der Waals surface area contributed by atoms with Gasteiger partial charge in [0.25, 0.3) is 5.91 Å². The molecule has 0 bridgehead atoms. The molecule has 20 heavy (non-hydrogen) atoms. The van der Waals surface area contributed by atoms with Crippen LogP contribution in [0.3, 0.4) is 0 Å². The lowest BCUT2D eigenvalue weighted by Crippen LogP contribution is -2.52. The molecule has 112 valence electrons. The molecule has 0 saturated heterocycles. The van der Waals surface area contributed by atoms with Gasteiger partial charge in [-0.15, -0.1) is 0 Å². The first-order valence-electron chi connectivity index (χ1n) is 7.15. The Kier molecular flexibility index (Phi) is 6.02. The number of carbonyl (C=O) groups is 1. The number of rotatable bonds is 7. The van der Waals surface area contributed by atoms with E-state index in [0.717, 1.165) is 6.42 Å². The SMILES string of the molecule is CCOc1cccc(C(=O)NC(C)(CN)CC(C)C)c1. The minimum Gasteiger partial charge on any atom is -0.494 e. The lowest BCUT2D eigenvalue weighted by atomic mass is 9.90. The second kappa shape index (κ2) is 7.29. The second-order valence-corrected chi connectivity index (χ2v) is 5.78. The third kappa shape index (κ3) is 4.85. The predicted octanol–water partition coefficient (Wildman–Crippen LogP) is 2.58. The molecule has 1 aromatic carbocycles. The zero-order chi connectivity index (χ0) is 15.2. The fraction of sp³-hybridized carbons (Fsp3) is 0.562. The topological polar surface area (TPSA) is 64.3 Å². The Balaban J connectivity index is 2.81. The van der Waals surface area contributed by atoms with E-state index in [4.69, 9.17) is 10.5 Å². The number of ether oxygens (including phenoxy) is 1. The molecule has 1 unspecified atom stereocenters. The van der Waals surface area contributed by atoms with Gasteiger partial charge >= 0.3 is 0 Å². The first kappa shape index (κ1) is 16.5. The highest BCUT2D eigenvalue weighted by Crippen LogP contribution is 2.18. The summed E-state index contributed by atoms with van der Waals surface area (Å²) in [6, 6.07) is 7.20. The van der Waals surface area contributed by atoms with E-state index in [0.29, 0.717) is 30.4 Å². The second-order valence-electron chi connectivity index (χ2n) is 5.78. The molecule has 1 aromatic rings. The van der Waals surface area contributed by atoms with Crippen LogP contribution >= 0.6 is 0 Å². The van der Waals surface area contributed by atoms with Crippen LogP contribution in [-0.4, -0.2) is 24.6 Å². The van der Waals surface area contributed by atoms with E-state index in [1.165, 1.54) is 0 Å². The van der Waals surface area contributed by atoms with Crippen molar-refractivity contribution in [2.24, 2.45) is 11.7 Å². The van der Waals surface area contributed by atoms with Gasteiger partial charge in [-0.1, -0.05) is 19.9 Å². The molecule has 4 heteroatoms.